The summed E-state index contributed by atoms with van der Waals surface area (Å²) >= 11 is 0. The average Bonchev–Trinajstić information content (AvgIpc) is 2.46. The number of amides is 1. The first-order chi connectivity index (χ1) is 9.92. The fourth-order valence-corrected chi connectivity index (χ4v) is 3.84. The Bertz CT molecular complexity index is 576. The number of sulfonamides is 1. The first-order valence-electron chi connectivity index (χ1n) is 7.27. The third-order valence-corrected chi connectivity index (χ3v) is 5.37. The zero-order valence-corrected chi connectivity index (χ0v) is 13.3. The minimum Gasteiger partial charge on any atom is -0.336 e. The number of carbonyl (C=O) groups is 1. The monoisotopic (exact) mass is 310 g/mol. The fraction of sp³-hybridized carbons (Fsp3) is 0.533. The van der Waals surface area contributed by atoms with Gasteiger partial charge in [0, 0.05) is 12.1 Å². The Kier molecular flexibility index (Phi) is 5.00. The zero-order chi connectivity index (χ0) is 15.5. The van der Waals surface area contributed by atoms with Gasteiger partial charge in [-0.3, -0.25) is 4.79 Å². The van der Waals surface area contributed by atoms with Crippen LogP contribution in [0.1, 0.15) is 33.1 Å². The maximum Gasteiger partial charge on any atom is 0.241 e. The van der Waals surface area contributed by atoms with Crippen LogP contribution in [0.2, 0.25) is 0 Å². The fourth-order valence-electron chi connectivity index (χ4n) is 2.84. The standard InChI is InChI=1S/C15H22N2O3S/c1-12-7-6-8-13(2)17(12)15(18)11-16-21(19,20)14-9-4-3-5-10-14/h3-5,9-10,12-13,16H,6-8,11H2,1-2H3. The summed E-state index contributed by atoms with van der Waals surface area (Å²) in [7, 11) is -3.63. The minimum atomic E-state index is -3.63. The molecule has 0 spiro atoms. The maximum atomic E-state index is 12.3. The zero-order valence-electron chi connectivity index (χ0n) is 12.5. The summed E-state index contributed by atoms with van der Waals surface area (Å²) in [6.07, 6.45) is 3.06. The number of carbonyl (C=O) groups excluding carboxylic acids is 1. The van der Waals surface area contributed by atoms with Crippen LogP contribution in [0.5, 0.6) is 0 Å². The lowest BCUT2D eigenvalue weighted by Crippen LogP contribution is -2.51. The predicted octanol–water partition coefficient (Wildman–Crippen LogP) is 1.75. The summed E-state index contributed by atoms with van der Waals surface area (Å²) in [6, 6.07) is 8.43. The van der Waals surface area contributed by atoms with Crippen molar-refractivity contribution in [1.82, 2.24) is 9.62 Å². The minimum absolute atomic E-state index is 0.158. The second-order valence-corrected chi connectivity index (χ2v) is 7.33. The Balaban J connectivity index is 2.01. The second-order valence-electron chi connectivity index (χ2n) is 5.57. The van der Waals surface area contributed by atoms with Crippen LogP contribution in [0.3, 0.4) is 0 Å². The van der Waals surface area contributed by atoms with E-state index in [9.17, 15) is 13.2 Å². The number of hydrogen-bond acceptors (Lipinski definition) is 3. The summed E-state index contributed by atoms with van der Waals surface area (Å²) in [5.41, 5.74) is 0. The molecule has 1 fully saturated rings. The highest BCUT2D eigenvalue weighted by Gasteiger charge is 2.29. The molecule has 0 aromatic heterocycles. The smallest absolute Gasteiger partial charge is 0.241 e. The summed E-state index contributed by atoms with van der Waals surface area (Å²) in [4.78, 5) is 14.3. The van der Waals surface area contributed by atoms with Gasteiger partial charge < -0.3 is 4.90 Å². The Morgan fingerprint density at radius 2 is 1.76 bits per heavy atom. The second kappa shape index (κ2) is 6.58. The van der Waals surface area contributed by atoms with E-state index < -0.39 is 10.0 Å². The van der Waals surface area contributed by atoms with E-state index in [1.54, 1.807) is 23.1 Å². The van der Waals surface area contributed by atoms with Crippen molar-refractivity contribution in [2.75, 3.05) is 6.54 Å². The van der Waals surface area contributed by atoms with Gasteiger partial charge in [-0.2, -0.15) is 0 Å². The number of nitrogens with one attached hydrogen (secondary N) is 1. The van der Waals surface area contributed by atoms with Gasteiger partial charge >= 0.3 is 0 Å². The van der Waals surface area contributed by atoms with Crippen LogP contribution in [0.4, 0.5) is 0 Å². The third kappa shape index (κ3) is 3.83. The molecule has 1 aromatic rings. The average molecular weight is 310 g/mol. The van der Waals surface area contributed by atoms with E-state index in [2.05, 4.69) is 4.72 Å². The molecule has 1 aliphatic heterocycles. The van der Waals surface area contributed by atoms with Crippen molar-refractivity contribution in [3.05, 3.63) is 30.3 Å². The maximum absolute atomic E-state index is 12.3. The van der Waals surface area contributed by atoms with Gasteiger partial charge in [0.05, 0.1) is 11.4 Å². The molecule has 0 bridgehead atoms. The molecule has 116 valence electrons. The first-order valence-corrected chi connectivity index (χ1v) is 8.76. The number of rotatable bonds is 4. The first kappa shape index (κ1) is 16.0. The van der Waals surface area contributed by atoms with Crippen LogP contribution in [-0.2, 0) is 14.8 Å². The SMILES string of the molecule is CC1CCCC(C)N1C(=O)CNS(=O)(=O)c1ccccc1. The van der Waals surface area contributed by atoms with Gasteiger partial charge in [0.15, 0.2) is 0 Å². The van der Waals surface area contributed by atoms with E-state index >= 15 is 0 Å². The van der Waals surface area contributed by atoms with E-state index in [1.807, 2.05) is 13.8 Å². The largest absolute Gasteiger partial charge is 0.336 e. The van der Waals surface area contributed by atoms with Gasteiger partial charge in [-0.15, -0.1) is 0 Å². The molecule has 2 atom stereocenters. The Morgan fingerprint density at radius 1 is 1.19 bits per heavy atom. The molecule has 0 aliphatic carbocycles. The highest BCUT2D eigenvalue weighted by molar-refractivity contribution is 7.89. The molecule has 1 saturated heterocycles. The highest BCUT2D eigenvalue weighted by Crippen LogP contribution is 2.22. The van der Waals surface area contributed by atoms with Gasteiger partial charge in [0.25, 0.3) is 0 Å². The summed E-state index contributed by atoms with van der Waals surface area (Å²) in [5.74, 6) is -0.158. The van der Waals surface area contributed by atoms with Crippen LogP contribution in [0.15, 0.2) is 35.2 Å². The lowest BCUT2D eigenvalue weighted by atomic mass is 9.97. The lowest BCUT2D eigenvalue weighted by molar-refractivity contribution is -0.135. The normalized spacial score (nSPS) is 23.0. The number of piperidine rings is 1. The van der Waals surface area contributed by atoms with Crippen molar-refractivity contribution in [2.24, 2.45) is 0 Å². The summed E-state index contributed by atoms with van der Waals surface area (Å²) in [6.45, 7) is 3.84. The van der Waals surface area contributed by atoms with E-state index in [0.717, 1.165) is 19.3 Å². The topological polar surface area (TPSA) is 66.5 Å². The van der Waals surface area contributed by atoms with Gasteiger partial charge in [0.2, 0.25) is 15.9 Å². The molecular weight excluding hydrogens is 288 g/mol. The Hall–Kier alpha value is -1.40. The van der Waals surface area contributed by atoms with E-state index in [-0.39, 0.29) is 29.4 Å². The molecule has 2 rings (SSSR count). The van der Waals surface area contributed by atoms with E-state index in [4.69, 9.17) is 0 Å². The van der Waals surface area contributed by atoms with Crippen LogP contribution >= 0.6 is 0 Å². The molecule has 5 nitrogen and oxygen atoms in total. The summed E-state index contributed by atoms with van der Waals surface area (Å²) in [5, 5.41) is 0. The number of benzene rings is 1. The Labute approximate surface area is 126 Å². The molecule has 1 amide bonds. The number of hydrogen-bond donors (Lipinski definition) is 1. The molecule has 21 heavy (non-hydrogen) atoms. The number of nitrogens with zero attached hydrogens (tertiary/aromatic N) is 1. The van der Waals surface area contributed by atoms with Crippen molar-refractivity contribution in [3.8, 4) is 0 Å². The van der Waals surface area contributed by atoms with Gasteiger partial charge in [-0.25, -0.2) is 13.1 Å². The molecule has 1 heterocycles. The Morgan fingerprint density at radius 3 is 2.33 bits per heavy atom. The molecule has 6 heteroatoms. The van der Waals surface area contributed by atoms with Crippen LogP contribution < -0.4 is 4.72 Å². The molecule has 1 N–H and O–H groups in total. The molecule has 1 aromatic carbocycles. The van der Waals surface area contributed by atoms with E-state index in [0.29, 0.717) is 0 Å². The third-order valence-electron chi connectivity index (χ3n) is 3.95. The molecule has 0 saturated carbocycles. The molecule has 0 radical (unpaired) electrons. The van der Waals surface area contributed by atoms with Crippen molar-refractivity contribution in [1.29, 1.82) is 0 Å². The molecule has 2 unspecified atom stereocenters. The quantitative estimate of drug-likeness (QED) is 0.921. The van der Waals surface area contributed by atoms with Gasteiger partial charge in [-0.05, 0) is 45.2 Å². The van der Waals surface area contributed by atoms with Crippen molar-refractivity contribution in [3.63, 3.8) is 0 Å². The predicted molar refractivity (Wildman–Crippen MR) is 81.3 cm³/mol. The van der Waals surface area contributed by atoms with Crippen molar-refractivity contribution < 1.29 is 13.2 Å². The van der Waals surface area contributed by atoms with Gasteiger partial charge in [0.1, 0.15) is 0 Å². The lowest BCUT2D eigenvalue weighted by Gasteiger charge is -2.39. The van der Waals surface area contributed by atoms with Crippen LogP contribution in [0.25, 0.3) is 0 Å². The van der Waals surface area contributed by atoms with Crippen LogP contribution in [0, 0.1) is 0 Å². The van der Waals surface area contributed by atoms with Crippen molar-refractivity contribution in [2.45, 2.75) is 50.1 Å². The van der Waals surface area contributed by atoms with E-state index in [1.165, 1.54) is 12.1 Å². The highest BCUT2D eigenvalue weighted by atomic mass is 32.2. The van der Waals surface area contributed by atoms with Crippen LogP contribution in [-0.4, -0.2) is 37.9 Å². The van der Waals surface area contributed by atoms with Gasteiger partial charge in [-0.1, -0.05) is 18.2 Å². The summed E-state index contributed by atoms with van der Waals surface area (Å²) < 4.78 is 26.6. The molecular formula is C15H22N2O3S. The van der Waals surface area contributed by atoms with Crippen molar-refractivity contribution >= 4 is 15.9 Å². The number of likely N-dealkylation sites (tertiary alicyclic amines) is 1. The molecule has 1 aliphatic rings.